The highest BCUT2D eigenvalue weighted by molar-refractivity contribution is 5.34. The van der Waals surface area contributed by atoms with Gasteiger partial charge in [-0.2, -0.15) is 0 Å². The second-order valence-electron chi connectivity index (χ2n) is 4.58. The number of nitrogens with one attached hydrogen (secondary N) is 1. The van der Waals surface area contributed by atoms with Crippen molar-refractivity contribution >= 4 is 0 Å². The molecule has 0 aromatic heterocycles. The van der Waals surface area contributed by atoms with Crippen LogP contribution in [0.4, 0.5) is 0 Å². The summed E-state index contributed by atoms with van der Waals surface area (Å²) in [7, 11) is 2.04. The molecule has 0 heterocycles. The average Bonchev–Trinajstić information content (AvgIpc) is 2.82. The molecular formula is C13H19N. The van der Waals surface area contributed by atoms with Gasteiger partial charge >= 0.3 is 0 Å². The van der Waals surface area contributed by atoms with Gasteiger partial charge < -0.3 is 5.32 Å². The zero-order chi connectivity index (χ0) is 10.1. The minimum atomic E-state index is 0.820. The van der Waals surface area contributed by atoms with E-state index >= 15 is 0 Å². The fourth-order valence-corrected chi connectivity index (χ4v) is 2.37. The first-order chi connectivity index (χ1) is 6.70. The predicted octanol–water partition coefficient (Wildman–Crippen LogP) is 2.63. The quantitative estimate of drug-likeness (QED) is 0.770. The molecule has 14 heavy (non-hydrogen) atoms. The molecule has 1 nitrogen and oxygen atoms in total. The third kappa shape index (κ3) is 1.98. The predicted molar refractivity (Wildman–Crippen MR) is 60.7 cm³/mol. The van der Waals surface area contributed by atoms with Gasteiger partial charge in [-0.1, -0.05) is 29.3 Å². The van der Waals surface area contributed by atoms with Gasteiger partial charge in [0.05, 0.1) is 0 Å². The third-order valence-corrected chi connectivity index (χ3v) is 3.06. The minimum Gasteiger partial charge on any atom is -0.319 e. The first-order valence-electron chi connectivity index (χ1n) is 5.43. The van der Waals surface area contributed by atoms with Crippen LogP contribution in [0.2, 0.25) is 0 Å². The van der Waals surface area contributed by atoms with Gasteiger partial charge in [0, 0.05) is 0 Å². The first kappa shape index (κ1) is 9.72. The molecule has 0 amide bonds. The normalized spacial score (nSPS) is 25.1. The molecule has 0 saturated heterocycles. The van der Waals surface area contributed by atoms with Crippen LogP contribution in [0.25, 0.3) is 0 Å². The summed E-state index contributed by atoms with van der Waals surface area (Å²) in [5, 5.41) is 3.26. The fraction of sp³-hybridized carbons (Fsp3) is 0.538. The van der Waals surface area contributed by atoms with E-state index < -0.39 is 0 Å². The van der Waals surface area contributed by atoms with Crippen LogP contribution in [0.1, 0.15) is 29.0 Å². The van der Waals surface area contributed by atoms with E-state index in [9.17, 15) is 0 Å². The Morgan fingerprint density at radius 1 is 1.21 bits per heavy atom. The molecule has 1 aliphatic carbocycles. The summed E-state index contributed by atoms with van der Waals surface area (Å²) >= 11 is 0. The van der Waals surface area contributed by atoms with Gasteiger partial charge in [-0.05, 0) is 51.3 Å². The Bertz CT molecular complexity index is 310. The molecule has 1 aromatic rings. The zero-order valence-corrected chi connectivity index (χ0v) is 9.30. The van der Waals surface area contributed by atoms with Gasteiger partial charge in [0.1, 0.15) is 0 Å². The van der Waals surface area contributed by atoms with Crippen molar-refractivity contribution in [2.45, 2.75) is 26.2 Å². The summed E-state index contributed by atoms with van der Waals surface area (Å²) < 4.78 is 0. The molecule has 1 N–H and O–H groups in total. The molecule has 0 bridgehead atoms. The smallest absolute Gasteiger partial charge is 0.00175 e. The van der Waals surface area contributed by atoms with Crippen LogP contribution in [0.3, 0.4) is 0 Å². The van der Waals surface area contributed by atoms with Crippen LogP contribution in [-0.4, -0.2) is 13.6 Å². The van der Waals surface area contributed by atoms with Crippen LogP contribution in [0.15, 0.2) is 18.2 Å². The average molecular weight is 189 g/mol. The van der Waals surface area contributed by atoms with Crippen LogP contribution in [0.5, 0.6) is 0 Å². The van der Waals surface area contributed by atoms with E-state index in [-0.39, 0.29) is 0 Å². The highest BCUT2D eigenvalue weighted by Gasteiger charge is 2.37. The van der Waals surface area contributed by atoms with Crippen molar-refractivity contribution in [3.63, 3.8) is 0 Å². The van der Waals surface area contributed by atoms with Crippen molar-refractivity contribution in [3.05, 3.63) is 34.9 Å². The molecule has 1 heteroatoms. The number of rotatable bonds is 3. The highest BCUT2D eigenvalue weighted by atomic mass is 14.8. The Kier molecular flexibility index (Phi) is 2.60. The maximum Gasteiger partial charge on any atom is -0.00175 e. The summed E-state index contributed by atoms with van der Waals surface area (Å²) in [6, 6.07) is 6.93. The van der Waals surface area contributed by atoms with Crippen molar-refractivity contribution in [3.8, 4) is 0 Å². The third-order valence-electron chi connectivity index (χ3n) is 3.06. The van der Waals surface area contributed by atoms with Gasteiger partial charge in [-0.25, -0.2) is 0 Å². The molecule has 0 radical (unpaired) electrons. The number of aryl methyl sites for hydroxylation is 2. The molecule has 1 fully saturated rings. The largest absolute Gasteiger partial charge is 0.319 e. The molecule has 0 unspecified atom stereocenters. The monoisotopic (exact) mass is 189 g/mol. The Morgan fingerprint density at radius 2 is 1.86 bits per heavy atom. The first-order valence-corrected chi connectivity index (χ1v) is 5.43. The van der Waals surface area contributed by atoms with Crippen molar-refractivity contribution in [2.75, 3.05) is 13.6 Å². The molecule has 2 atom stereocenters. The molecule has 1 aromatic carbocycles. The second-order valence-corrected chi connectivity index (χ2v) is 4.58. The van der Waals surface area contributed by atoms with Gasteiger partial charge in [-0.15, -0.1) is 0 Å². The second kappa shape index (κ2) is 3.74. The molecule has 76 valence electrons. The standard InChI is InChI=1S/C13H19N/c1-9-4-10(2)6-11(5-9)13-7-12(13)8-14-3/h4-6,12-14H,7-8H2,1-3H3/t12-,13+/m1/s1. The number of hydrogen-bond donors (Lipinski definition) is 1. The number of hydrogen-bond acceptors (Lipinski definition) is 1. The van der Waals surface area contributed by atoms with Crippen LogP contribution in [-0.2, 0) is 0 Å². The van der Waals surface area contributed by atoms with E-state index in [0.717, 1.165) is 18.4 Å². The summed E-state index contributed by atoms with van der Waals surface area (Å²) in [4.78, 5) is 0. The Hall–Kier alpha value is -0.820. The fourth-order valence-electron chi connectivity index (χ4n) is 2.37. The molecular weight excluding hydrogens is 170 g/mol. The van der Waals surface area contributed by atoms with Crippen LogP contribution >= 0.6 is 0 Å². The Balaban J connectivity index is 2.11. The van der Waals surface area contributed by atoms with E-state index in [4.69, 9.17) is 0 Å². The van der Waals surface area contributed by atoms with Crippen molar-refractivity contribution in [1.29, 1.82) is 0 Å². The maximum absolute atomic E-state index is 3.26. The highest BCUT2D eigenvalue weighted by Crippen LogP contribution is 2.47. The van der Waals surface area contributed by atoms with E-state index in [1.165, 1.54) is 17.5 Å². The molecule has 0 aliphatic heterocycles. The van der Waals surface area contributed by atoms with E-state index in [0.29, 0.717) is 0 Å². The van der Waals surface area contributed by atoms with E-state index in [2.05, 4.69) is 37.4 Å². The number of benzene rings is 1. The Morgan fingerprint density at radius 3 is 2.43 bits per heavy atom. The van der Waals surface area contributed by atoms with Crippen molar-refractivity contribution < 1.29 is 0 Å². The van der Waals surface area contributed by atoms with E-state index in [1.807, 2.05) is 7.05 Å². The SMILES string of the molecule is CNC[C@H]1C[C@H]1c1cc(C)cc(C)c1. The topological polar surface area (TPSA) is 12.0 Å². The minimum absolute atomic E-state index is 0.820. The van der Waals surface area contributed by atoms with Crippen molar-refractivity contribution in [2.24, 2.45) is 5.92 Å². The van der Waals surface area contributed by atoms with Crippen molar-refractivity contribution in [1.82, 2.24) is 5.32 Å². The van der Waals surface area contributed by atoms with Crippen LogP contribution in [0, 0.1) is 19.8 Å². The van der Waals surface area contributed by atoms with Gasteiger partial charge in [-0.3, -0.25) is 0 Å². The summed E-state index contributed by atoms with van der Waals surface area (Å²) in [6.07, 6.45) is 1.36. The summed E-state index contributed by atoms with van der Waals surface area (Å²) in [6.45, 7) is 5.54. The molecule has 0 spiro atoms. The molecule has 1 aliphatic rings. The molecule has 1 saturated carbocycles. The van der Waals surface area contributed by atoms with Gasteiger partial charge in [0.25, 0.3) is 0 Å². The maximum atomic E-state index is 3.26. The summed E-state index contributed by atoms with van der Waals surface area (Å²) in [5.41, 5.74) is 4.34. The van der Waals surface area contributed by atoms with Gasteiger partial charge in [0.15, 0.2) is 0 Å². The zero-order valence-electron chi connectivity index (χ0n) is 9.30. The lowest BCUT2D eigenvalue weighted by Gasteiger charge is -2.04. The lowest BCUT2D eigenvalue weighted by molar-refractivity contribution is 0.698. The lowest BCUT2D eigenvalue weighted by atomic mass is 10.0. The Labute approximate surface area is 86.5 Å². The lowest BCUT2D eigenvalue weighted by Crippen LogP contribution is -2.10. The van der Waals surface area contributed by atoms with Gasteiger partial charge in [0.2, 0.25) is 0 Å². The van der Waals surface area contributed by atoms with E-state index in [1.54, 1.807) is 5.56 Å². The summed E-state index contributed by atoms with van der Waals surface area (Å²) in [5.74, 6) is 1.70. The molecule has 2 rings (SSSR count). The van der Waals surface area contributed by atoms with Crippen LogP contribution < -0.4 is 5.32 Å².